The number of allylic oxidation sites excluding steroid dienone is 2. The maximum atomic E-state index is 13.4. The van der Waals surface area contributed by atoms with Crippen LogP contribution in [0.15, 0.2) is 28.4 Å². The van der Waals surface area contributed by atoms with Gasteiger partial charge in [0.15, 0.2) is 17.3 Å². The predicted molar refractivity (Wildman–Crippen MR) is 122 cm³/mol. The highest BCUT2D eigenvalue weighted by Gasteiger charge is 2.48. The second kappa shape index (κ2) is 8.96. The first kappa shape index (κ1) is 24.4. The Kier molecular flexibility index (Phi) is 6.63. The first-order chi connectivity index (χ1) is 15.4. The van der Waals surface area contributed by atoms with Gasteiger partial charge in [-0.1, -0.05) is 13.8 Å². The lowest BCUT2D eigenvalue weighted by Gasteiger charge is -2.39. The van der Waals surface area contributed by atoms with Crippen LogP contribution in [0.3, 0.4) is 0 Å². The first-order valence-electron chi connectivity index (χ1n) is 10.8. The Morgan fingerprint density at radius 2 is 1.79 bits per heavy atom. The molecule has 2 atom stereocenters. The molecule has 1 heterocycles. The number of aliphatic imine (C=N–C) groups is 1. The van der Waals surface area contributed by atoms with E-state index in [2.05, 4.69) is 4.99 Å². The second-order valence-corrected chi connectivity index (χ2v) is 9.52. The molecule has 0 fully saturated rings. The third-order valence-electron chi connectivity index (χ3n) is 5.97. The molecule has 9 nitrogen and oxygen atoms in total. The van der Waals surface area contributed by atoms with Crippen molar-refractivity contribution in [3.8, 4) is 11.5 Å². The summed E-state index contributed by atoms with van der Waals surface area (Å²) >= 11 is 0. The predicted octanol–water partition coefficient (Wildman–Crippen LogP) is 4.38. The number of carbonyl (C=O) groups is 2. The summed E-state index contributed by atoms with van der Waals surface area (Å²) in [5, 5.41) is 12.1. The zero-order valence-electron chi connectivity index (χ0n) is 20.1. The molecule has 1 aliphatic heterocycles. The maximum Gasteiger partial charge on any atom is 0.315 e. The van der Waals surface area contributed by atoms with Crippen LogP contribution >= 0.6 is 0 Å². The van der Waals surface area contributed by atoms with Gasteiger partial charge in [-0.25, -0.2) is 0 Å². The van der Waals surface area contributed by atoms with Crippen molar-refractivity contribution in [2.45, 2.75) is 59.5 Å². The molecule has 0 aromatic heterocycles. The van der Waals surface area contributed by atoms with E-state index in [0.29, 0.717) is 23.4 Å². The SMILES string of the molecule is COc1cc([C@@H]2C3=C(CC(C)(C)CC3=O)N=C(C)C2C(=O)OC(C)C)c([N+](=O)[O-])cc1OC. The molecular formula is C24H30N2O7. The molecule has 1 aromatic carbocycles. The third-order valence-corrected chi connectivity index (χ3v) is 5.97. The fourth-order valence-electron chi connectivity index (χ4n) is 4.68. The van der Waals surface area contributed by atoms with Crippen LogP contribution in [0.4, 0.5) is 5.69 Å². The molecule has 0 N–H and O–H groups in total. The molecule has 1 aromatic rings. The highest BCUT2D eigenvalue weighted by molar-refractivity contribution is 6.09. The highest BCUT2D eigenvalue weighted by Crippen LogP contribution is 2.51. The Labute approximate surface area is 193 Å². The number of carbonyl (C=O) groups excluding carboxylic acids is 2. The van der Waals surface area contributed by atoms with E-state index in [9.17, 15) is 19.7 Å². The number of esters is 1. The molecule has 0 bridgehead atoms. The van der Waals surface area contributed by atoms with Gasteiger partial charge in [-0.15, -0.1) is 0 Å². The summed E-state index contributed by atoms with van der Waals surface area (Å²) in [6, 6.07) is 2.74. The van der Waals surface area contributed by atoms with E-state index in [4.69, 9.17) is 14.2 Å². The maximum absolute atomic E-state index is 13.4. The lowest BCUT2D eigenvalue weighted by Crippen LogP contribution is -2.40. The Morgan fingerprint density at radius 3 is 2.33 bits per heavy atom. The van der Waals surface area contributed by atoms with E-state index in [0.717, 1.165) is 0 Å². The van der Waals surface area contributed by atoms with Crippen molar-refractivity contribution in [3.05, 3.63) is 39.1 Å². The van der Waals surface area contributed by atoms with Gasteiger partial charge in [0.05, 0.1) is 31.3 Å². The fourth-order valence-corrected chi connectivity index (χ4v) is 4.68. The van der Waals surface area contributed by atoms with Gasteiger partial charge in [0.25, 0.3) is 5.69 Å². The van der Waals surface area contributed by atoms with Crippen LogP contribution < -0.4 is 9.47 Å². The number of methoxy groups -OCH3 is 2. The molecule has 178 valence electrons. The minimum atomic E-state index is -0.979. The quantitative estimate of drug-likeness (QED) is 0.353. The molecule has 1 unspecified atom stereocenters. The molecule has 0 amide bonds. The van der Waals surface area contributed by atoms with Gasteiger partial charge < -0.3 is 14.2 Å². The van der Waals surface area contributed by atoms with Crippen molar-refractivity contribution in [2.75, 3.05) is 14.2 Å². The van der Waals surface area contributed by atoms with Crippen molar-refractivity contribution in [1.82, 2.24) is 0 Å². The van der Waals surface area contributed by atoms with Crippen LogP contribution in [0.2, 0.25) is 0 Å². The van der Waals surface area contributed by atoms with E-state index in [-0.39, 0.29) is 40.4 Å². The molecule has 3 rings (SSSR count). The minimum Gasteiger partial charge on any atom is -0.493 e. The Balaban J connectivity index is 2.33. The molecule has 1 aliphatic carbocycles. The molecule has 0 saturated carbocycles. The second-order valence-electron chi connectivity index (χ2n) is 9.52. The number of hydrogen-bond acceptors (Lipinski definition) is 8. The number of ether oxygens (including phenoxy) is 3. The smallest absolute Gasteiger partial charge is 0.315 e. The number of rotatable bonds is 6. The van der Waals surface area contributed by atoms with Gasteiger partial charge in [-0.3, -0.25) is 24.7 Å². The average molecular weight is 459 g/mol. The molecule has 2 aliphatic rings. The van der Waals surface area contributed by atoms with Gasteiger partial charge in [0, 0.05) is 34.9 Å². The van der Waals surface area contributed by atoms with Crippen LogP contribution in [0.25, 0.3) is 0 Å². The molecule has 33 heavy (non-hydrogen) atoms. The summed E-state index contributed by atoms with van der Waals surface area (Å²) in [6.07, 6.45) is 0.376. The van der Waals surface area contributed by atoms with Crippen LogP contribution in [-0.4, -0.2) is 42.7 Å². The van der Waals surface area contributed by atoms with E-state index in [1.807, 2.05) is 13.8 Å². The minimum absolute atomic E-state index is 0.172. The number of benzene rings is 1. The van der Waals surface area contributed by atoms with Crippen LogP contribution in [0.5, 0.6) is 11.5 Å². The van der Waals surface area contributed by atoms with E-state index in [1.165, 1.54) is 26.4 Å². The van der Waals surface area contributed by atoms with E-state index < -0.39 is 28.8 Å². The lowest BCUT2D eigenvalue weighted by atomic mass is 9.66. The molecule has 0 radical (unpaired) electrons. The van der Waals surface area contributed by atoms with Gasteiger partial charge in [0.2, 0.25) is 0 Å². The molecule has 0 saturated heterocycles. The monoisotopic (exact) mass is 458 g/mol. The number of nitro groups is 1. The Morgan fingerprint density at radius 1 is 1.18 bits per heavy atom. The zero-order chi connectivity index (χ0) is 24.7. The van der Waals surface area contributed by atoms with Crippen molar-refractivity contribution < 1.29 is 28.7 Å². The lowest BCUT2D eigenvalue weighted by molar-refractivity contribution is -0.385. The van der Waals surface area contributed by atoms with Gasteiger partial charge in [-0.05, 0) is 38.7 Å². The van der Waals surface area contributed by atoms with Crippen LogP contribution in [0, 0.1) is 21.4 Å². The van der Waals surface area contributed by atoms with Gasteiger partial charge in [0.1, 0.15) is 5.92 Å². The Bertz CT molecular complexity index is 1070. The van der Waals surface area contributed by atoms with Crippen LogP contribution in [0.1, 0.15) is 58.9 Å². The zero-order valence-corrected chi connectivity index (χ0v) is 20.1. The topological polar surface area (TPSA) is 117 Å². The van der Waals surface area contributed by atoms with Gasteiger partial charge in [-0.2, -0.15) is 0 Å². The largest absolute Gasteiger partial charge is 0.493 e. The highest BCUT2D eigenvalue weighted by atomic mass is 16.6. The fraction of sp³-hybridized carbons (Fsp3) is 0.542. The number of nitrogens with zero attached hydrogens (tertiary/aromatic N) is 2. The standard InChI is InChI=1S/C24H30N2O7/c1-12(2)33-23(28)20-13(3)25-15-10-24(4,5)11-17(27)22(15)21(20)14-8-18(31-6)19(32-7)9-16(14)26(29)30/h8-9,12,20-21H,10-11H2,1-7H3/t20?,21-/m0/s1. The third kappa shape index (κ3) is 4.62. The van der Waals surface area contributed by atoms with E-state index >= 15 is 0 Å². The summed E-state index contributed by atoms with van der Waals surface area (Å²) in [7, 11) is 2.80. The summed E-state index contributed by atoms with van der Waals surface area (Å²) in [5.74, 6) is -2.21. The van der Waals surface area contributed by atoms with Crippen molar-refractivity contribution in [1.29, 1.82) is 0 Å². The average Bonchev–Trinajstić information content (AvgIpc) is 2.69. The van der Waals surface area contributed by atoms with Crippen molar-refractivity contribution in [2.24, 2.45) is 16.3 Å². The number of ketones is 1. The molecular weight excluding hydrogens is 428 g/mol. The normalized spacial score (nSPS) is 21.9. The number of hydrogen-bond donors (Lipinski definition) is 0. The van der Waals surface area contributed by atoms with Crippen molar-refractivity contribution >= 4 is 23.2 Å². The van der Waals surface area contributed by atoms with E-state index in [1.54, 1.807) is 20.8 Å². The summed E-state index contributed by atoms with van der Waals surface area (Å²) in [6.45, 7) is 9.10. The van der Waals surface area contributed by atoms with Gasteiger partial charge >= 0.3 is 5.97 Å². The first-order valence-corrected chi connectivity index (χ1v) is 10.8. The molecule has 9 heteroatoms. The molecule has 0 spiro atoms. The number of nitro benzene ring substituents is 1. The summed E-state index contributed by atoms with van der Waals surface area (Å²) in [5.41, 5.74) is 0.979. The Hall–Kier alpha value is -3.23. The summed E-state index contributed by atoms with van der Waals surface area (Å²) in [4.78, 5) is 42.8. The van der Waals surface area contributed by atoms with Crippen LogP contribution in [-0.2, 0) is 14.3 Å². The van der Waals surface area contributed by atoms with Crippen molar-refractivity contribution in [3.63, 3.8) is 0 Å². The number of Topliss-reactive ketones (excluding diaryl/α,β-unsaturated/α-hetero) is 1. The summed E-state index contributed by atoms with van der Waals surface area (Å²) < 4.78 is 16.1.